The maximum absolute atomic E-state index is 11.3. The van der Waals surface area contributed by atoms with Gasteiger partial charge in [0, 0.05) is 13.7 Å². The Morgan fingerprint density at radius 3 is 2.31 bits per heavy atom. The summed E-state index contributed by atoms with van der Waals surface area (Å²) in [5, 5.41) is 0. The number of esters is 1. The first kappa shape index (κ1) is 12.4. The summed E-state index contributed by atoms with van der Waals surface area (Å²) in [6, 6.07) is 0. The molecule has 0 N–H and O–H groups in total. The summed E-state index contributed by atoms with van der Waals surface area (Å²) in [5.74, 6) is 0.0666. The molecular formula is C10H20O3. The molecule has 0 bridgehead atoms. The molecule has 0 aromatic carbocycles. The third-order valence-corrected chi connectivity index (χ3v) is 1.39. The summed E-state index contributed by atoms with van der Waals surface area (Å²) in [5.41, 5.74) is -0.385. The van der Waals surface area contributed by atoms with E-state index >= 15 is 0 Å². The van der Waals surface area contributed by atoms with Crippen LogP contribution in [0.4, 0.5) is 0 Å². The summed E-state index contributed by atoms with van der Waals surface area (Å²) in [4.78, 5) is 11.3. The lowest BCUT2D eigenvalue weighted by Gasteiger charge is -2.20. The minimum Gasteiger partial charge on any atom is -0.460 e. The number of carbonyl (C=O) groups excluding carboxylic acids is 1. The van der Waals surface area contributed by atoms with Crippen molar-refractivity contribution in [3.63, 3.8) is 0 Å². The van der Waals surface area contributed by atoms with Crippen molar-refractivity contribution in [1.82, 2.24) is 0 Å². The number of rotatable bonds is 4. The van der Waals surface area contributed by atoms with Gasteiger partial charge in [0.05, 0.1) is 6.42 Å². The Morgan fingerprint density at radius 2 is 1.92 bits per heavy atom. The Bertz CT molecular complexity index is 158. The van der Waals surface area contributed by atoms with Gasteiger partial charge in [-0.15, -0.1) is 0 Å². The largest absolute Gasteiger partial charge is 0.460 e. The molecule has 0 spiro atoms. The van der Waals surface area contributed by atoms with Crippen molar-refractivity contribution in [1.29, 1.82) is 0 Å². The molecule has 13 heavy (non-hydrogen) atoms. The molecule has 3 nitrogen and oxygen atoms in total. The van der Waals surface area contributed by atoms with Gasteiger partial charge < -0.3 is 9.47 Å². The summed E-state index contributed by atoms with van der Waals surface area (Å²) < 4.78 is 10.1. The van der Waals surface area contributed by atoms with Crippen LogP contribution in [-0.2, 0) is 14.3 Å². The predicted molar refractivity (Wildman–Crippen MR) is 51.5 cm³/mol. The van der Waals surface area contributed by atoms with E-state index in [0.717, 1.165) is 0 Å². The number of hydrogen-bond donors (Lipinski definition) is 0. The number of hydrogen-bond acceptors (Lipinski definition) is 3. The topological polar surface area (TPSA) is 35.5 Å². The molecule has 78 valence electrons. The molecule has 3 heteroatoms. The lowest BCUT2D eigenvalue weighted by Crippen LogP contribution is -2.25. The van der Waals surface area contributed by atoms with Gasteiger partial charge >= 0.3 is 5.97 Å². The minimum atomic E-state index is -0.385. The monoisotopic (exact) mass is 188 g/mol. The highest BCUT2D eigenvalue weighted by Crippen LogP contribution is 2.11. The van der Waals surface area contributed by atoms with Crippen LogP contribution in [0.2, 0.25) is 0 Å². The van der Waals surface area contributed by atoms with E-state index in [0.29, 0.717) is 13.0 Å². The first-order valence-electron chi connectivity index (χ1n) is 4.56. The van der Waals surface area contributed by atoms with Gasteiger partial charge in [-0.25, -0.2) is 0 Å². The van der Waals surface area contributed by atoms with Crippen LogP contribution in [0.5, 0.6) is 0 Å². The molecule has 0 aromatic rings. The van der Waals surface area contributed by atoms with Crippen molar-refractivity contribution >= 4 is 5.97 Å². The maximum Gasteiger partial charge on any atom is 0.306 e. The Balaban J connectivity index is 3.74. The Kier molecular flexibility index (Phi) is 4.99. The lowest BCUT2D eigenvalue weighted by molar-refractivity contribution is -0.156. The van der Waals surface area contributed by atoms with E-state index in [1.165, 1.54) is 0 Å². The van der Waals surface area contributed by atoms with Gasteiger partial charge in [-0.3, -0.25) is 4.79 Å². The molecule has 0 aliphatic heterocycles. The van der Waals surface area contributed by atoms with Crippen molar-refractivity contribution in [3.05, 3.63) is 0 Å². The third-order valence-electron chi connectivity index (χ3n) is 1.39. The van der Waals surface area contributed by atoms with Gasteiger partial charge in [-0.05, 0) is 26.7 Å². The highest BCUT2D eigenvalue weighted by molar-refractivity contribution is 5.70. The van der Waals surface area contributed by atoms with Crippen LogP contribution >= 0.6 is 0 Å². The molecule has 0 fully saturated rings. The van der Waals surface area contributed by atoms with Crippen LogP contribution < -0.4 is 0 Å². The van der Waals surface area contributed by atoms with Crippen molar-refractivity contribution in [2.24, 2.45) is 5.92 Å². The molecular weight excluding hydrogens is 168 g/mol. The van der Waals surface area contributed by atoms with Crippen LogP contribution in [0.3, 0.4) is 0 Å². The summed E-state index contributed by atoms with van der Waals surface area (Å²) in [6.07, 6.45) is 0.422. The molecule has 0 aliphatic carbocycles. The Hall–Kier alpha value is -0.570. The van der Waals surface area contributed by atoms with E-state index in [1.807, 2.05) is 27.7 Å². The quantitative estimate of drug-likeness (QED) is 0.633. The molecule has 1 atom stereocenters. The van der Waals surface area contributed by atoms with Gasteiger partial charge in [0.2, 0.25) is 0 Å². The predicted octanol–water partition coefficient (Wildman–Crippen LogP) is 2.00. The van der Waals surface area contributed by atoms with Crippen molar-refractivity contribution in [2.75, 3.05) is 13.7 Å². The van der Waals surface area contributed by atoms with Gasteiger partial charge in [0.1, 0.15) is 5.60 Å². The molecule has 0 amide bonds. The van der Waals surface area contributed by atoms with Crippen molar-refractivity contribution < 1.29 is 14.3 Å². The summed E-state index contributed by atoms with van der Waals surface area (Å²) >= 11 is 0. The van der Waals surface area contributed by atoms with E-state index < -0.39 is 0 Å². The molecule has 0 aromatic heterocycles. The smallest absolute Gasteiger partial charge is 0.306 e. The third kappa shape index (κ3) is 7.78. The minimum absolute atomic E-state index is 0.156. The van der Waals surface area contributed by atoms with E-state index in [9.17, 15) is 4.79 Å². The van der Waals surface area contributed by atoms with Crippen LogP contribution in [0.1, 0.15) is 34.1 Å². The van der Waals surface area contributed by atoms with Crippen LogP contribution in [0.25, 0.3) is 0 Å². The molecule has 0 rings (SSSR count). The summed E-state index contributed by atoms with van der Waals surface area (Å²) in [7, 11) is 1.63. The van der Waals surface area contributed by atoms with Crippen LogP contribution in [-0.4, -0.2) is 25.3 Å². The highest BCUT2D eigenvalue weighted by Gasteiger charge is 2.18. The zero-order valence-corrected chi connectivity index (χ0v) is 9.22. The number of ether oxygens (including phenoxy) is 2. The Morgan fingerprint density at radius 1 is 1.38 bits per heavy atom. The van der Waals surface area contributed by atoms with Crippen molar-refractivity contribution in [3.8, 4) is 0 Å². The van der Waals surface area contributed by atoms with E-state index in [1.54, 1.807) is 7.11 Å². The second kappa shape index (κ2) is 5.22. The Labute approximate surface area is 80.4 Å². The molecule has 0 saturated carbocycles. The first-order valence-corrected chi connectivity index (χ1v) is 4.56. The standard InChI is InChI=1S/C10H20O3/c1-8(7-12-5)6-9(11)13-10(2,3)4/h8H,6-7H2,1-5H3. The lowest BCUT2D eigenvalue weighted by atomic mass is 10.1. The van der Waals surface area contributed by atoms with E-state index in [4.69, 9.17) is 9.47 Å². The molecule has 1 unspecified atom stereocenters. The van der Waals surface area contributed by atoms with Crippen molar-refractivity contribution in [2.45, 2.75) is 39.7 Å². The first-order chi connectivity index (χ1) is 5.85. The number of methoxy groups -OCH3 is 1. The second-order valence-electron chi connectivity index (χ2n) is 4.35. The fourth-order valence-corrected chi connectivity index (χ4v) is 1.01. The average molecular weight is 188 g/mol. The molecule has 0 aliphatic rings. The number of carbonyl (C=O) groups is 1. The molecule has 0 radical (unpaired) electrons. The van der Waals surface area contributed by atoms with Gasteiger partial charge in [0.25, 0.3) is 0 Å². The van der Waals surface area contributed by atoms with Crippen LogP contribution in [0, 0.1) is 5.92 Å². The second-order valence-corrected chi connectivity index (χ2v) is 4.35. The molecule has 0 heterocycles. The maximum atomic E-state index is 11.3. The van der Waals surface area contributed by atoms with Crippen LogP contribution in [0.15, 0.2) is 0 Å². The van der Waals surface area contributed by atoms with Gasteiger partial charge in [-0.1, -0.05) is 6.92 Å². The normalized spacial score (nSPS) is 13.9. The van der Waals surface area contributed by atoms with E-state index in [-0.39, 0.29) is 17.5 Å². The van der Waals surface area contributed by atoms with Gasteiger partial charge in [0.15, 0.2) is 0 Å². The fraction of sp³-hybridized carbons (Fsp3) is 0.900. The zero-order valence-electron chi connectivity index (χ0n) is 9.22. The average Bonchev–Trinajstić information content (AvgIpc) is 1.81. The molecule has 0 saturated heterocycles. The summed E-state index contributed by atoms with van der Waals surface area (Å²) in [6.45, 7) is 8.16. The van der Waals surface area contributed by atoms with E-state index in [2.05, 4.69) is 0 Å². The van der Waals surface area contributed by atoms with Gasteiger partial charge in [-0.2, -0.15) is 0 Å². The SMILES string of the molecule is COCC(C)CC(=O)OC(C)(C)C. The highest BCUT2D eigenvalue weighted by atomic mass is 16.6. The zero-order chi connectivity index (χ0) is 10.5. The fourth-order valence-electron chi connectivity index (χ4n) is 1.01.